The van der Waals surface area contributed by atoms with Crippen LogP contribution in [0.15, 0.2) is 94.9 Å². The molecule has 1 aliphatic heterocycles. The fraction of sp³-hybridized carbons (Fsp3) is 0.194. The second kappa shape index (κ2) is 11.7. The van der Waals surface area contributed by atoms with Gasteiger partial charge >= 0.3 is 6.18 Å². The molecule has 0 bridgehead atoms. The minimum Gasteiger partial charge on any atom is -0.325 e. The average Bonchev–Trinajstić information content (AvgIpc) is 3.35. The Labute approximate surface area is 247 Å². The van der Waals surface area contributed by atoms with Crippen LogP contribution in [-0.2, 0) is 30.5 Å². The van der Waals surface area contributed by atoms with Crippen molar-refractivity contribution in [2.75, 3.05) is 17.6 Å². The first-order valence-electron chi connectivity index (χ1n) is 13.2. The van der Waals surface area contributed by atoms with Crippen LogP contribution in [0.2, 0.25) is 0 Å². The van der Waals surface area contributed by atoms with Crippen molar-refractivity contribution >= 4 is 44.9 Å². The molecule has 11 heteroatoms. The maximum Gasteiger partial charge on any atom is 0.416 e. The van der Waals surface area contributed by atoms with Gasteiger partial charge in [0.2, 0.25) is 5.91 Å². The van der Waals surface area contributed by atoms with Crippen molar-refractivity contribution in [1.29, 1.82) is 0 Å². The summed E-state index contributed by atoms with van der Waals surface area (Å²) in [6, 6.07) is 23.9. The molecule has 42 heavy (non-hydrogen) atoms. The molecule has 0 fully saturated rings. The Morgan fingerprint density at radius 3 is 2.48 bits per heavy atom. The van der Waals surface area contributed by atoms with E-state index in [0.29, 0.717) is 21.1 Å². The summed E-state index contributed by atoms with van der Waals surface area (Å²) in [5.41, 5.74) is 1.89. The monoisotopic (exact) mass is 606 g/mol. The summed E-state index contributed by atoms with van der Waals surface area (Å²) in [4.78, 5) is 35.7. The van der Waals surface area contributed by atoms with Gasteiger partial charge in [-0.25, -0.2) is 4.98 Å². The van der Waals surface area contributed by atoms with Gasteiger partial charge in [-0.2, -0.15) is 13.2 Å². The number of nitrogens with zero attached hydrogens (tertiary/aromatic N) is 3. The van der Waals surface area contributed by atoms with Crippen molar-refractivity contribution in [1.82, 2.24) is 14.5 Å². The van der Waals surface area contributed by atoms with Crippen molar-refractivity contribution in [3.63, 3.8) is 0 Å². The largest absolute Gasteiger partial charge is 0.416 e. The molecule has 3 aromatic carbocycles. The summed E-state index contributed by atoms with van der Waals surface area (Å²) >= 11 is 2.57. The molecule has 2 aromatic heterocycles. The third kappa shape index (κ3) is 5.99. The zero-order chi connectivity index (χ0) is 29.3. The van der Waals surface area contributed by atoms with Crippen LogP contribution in [0.25, 0.3) is 15.9 Å². The summed E-state index contributed by atoms with van der Waals surface area (Å²) in [5.74, 6) is -0.646. The fourth-order valence-corrected chi connectivity index (χ4v) is 7.17. The van der Waals surface area contributed by atoms with E-state index in [1.54, 1.807) is 0 Å². The highest BCUT2D eigenvalue weighted by Gasteiger charge is 2.30. The number of nitrogens with one attached hydrogen (secondary N) is 1. The highest BCUT2D eigenvalue weighted by atomic mass is 32.2. The van der Waals surface area contributed by atoms with Crippen LogP contribution in [0.4, 0.5) is 18.9 Å². The summed E-state index contributed by atoms with van der Waals surface area (Å²) in [5, 5.41) is 3.47. The van der Waals surface area contributed by atoms with E-state index < -0.39 is 17.6 Å². The Hall–Kier alpha value is -3.93. The van der Waals surface area contributed by atoms with Crippen molar-refractivity contribution in [3.05, 3.63) is 117 Å². The van der Waals surface area contributed by atoms with Crippen LogP contribution in [0.3, 0.4) is 0 Å². The lowest BCUT2D eigenvalue weighted by atomic mass is 10.0. The highest BCUT2D eigenvalue weighted by molar-refractivity contribution is 7.99. The third-order valence-corrected chi connectivity index (χ3v) is 9.04. The van der Waals surface area contributed by atoms with Gasteiger partial charge < -0.3 is 5.32 Å². The Bertz CT molecular complexity index is 1800. The molecule has 5 aromatic rings. The third-order valence-electron chi connectivity index (χ3n) is 6.99. The normalized spacial score (nSPS) is 13.7. The summed E-state index contributed by atoms with van der Waals surface area (Å²) in [6.07, 6.45) is -3.78. The number of fused-ring (bicyclic) bond motifs is 3. The van der Waals surface area contributed by atoms with Gasteiger partial charge in [0.25, 0.3) is 5.56 Å². The quantitative estimate of drug-likeness (QED) is 0.164. The molecule has 0 aliphatic carbocycles. The molecule has 0 spiro atoms. The number of amides is 1. The number of benzene rings is 3. The number of halogens is 3. The molecule has 0 radical (unpaired) electrons. The minimum absolute atomic E-state index is 0.0466. The molecule has 1 N–H and O–H groups in total. The number of carbonyl (C=O) groups is 1. The fourth-order valence-electron chi connectivity index (χ4n) is 5.06. The van der Waals surface area contributed by atoms with Gasteiger partial charge in [0.15, 0.2) is 5.16 Å². The number of alkyl halides is 3. The standard InChI is InChI=1S/C31H25F3N4O2S2/c32-31(33,34)21-10-7-11-22(16-21)35-26(39)19-41-30-36-28-27(29(40)38(30)23-12-5-2-6-13-23)24-14-15-37(18-25(24)42-28)17-20-8-3-1-4-9-20/h1-13,16H,14-15,17-19H2,(H,35,39). The van der Waals surface area contributed by atoms with Gasteiger partial charge in [0, 0.05) is 30.2 Å². The molecule has 0 atom stereocenters. The molecular formula is C31H25F3N4O2S2. The number of thiophene rings is 1. The molecule has 6 rings (SSSR count). The molecule has 1 aliphatic rings. The number of hydrogen-bond donors (Lipinski definition) is 1. The predicted molar refractivity (Wildman–Crippen MR) is 160 cm³/mol. The lowest BCUT2D eigenvalue weighted by Gasteiger charge is -2.26. The molecule has 1 amide bonds. The van der Waals surface area contributed by atoms with Crippen LogP contribution >= 0.6 is 23.1 Å². The van der Waals surface area contributed by atoms with Crippen molar-refractivity contribution in [2.24, 2.45) is 0 Å². The molecule has 6 nitrogen and oxygen atoms in total. The Morgan fingerprint density at radius 1 is 1.00 bits per heavy atom. The number of aromatic nitrogens is 2. The molecule has 0 unspecified atom stereocenters. The Kier molecular flexibility index (Phi) is 7.89. The summed E-state index contributed by atoms with van der Waals surface area (Å²) < 4.78 is 40.8. The zero-order valence-electron chi connectivity index (χ0n) is 22.2. The maximum atomic E-state index is 14.0. The SMILES string of the molecule is O=C(CSc1nc2sc3c(c2c(=O)n1-c1ccccc1)CCN(Cc1ccccc1)C3)Nc1cccc(C(F)(F)F)c1. The van der Waals surface area contributed by atoms with E-state index >= 15 is 0 Å². The van der Waals surface area contributed by atoms with E-state index in [0.717, 1.165) is 60.4 Å². The van der Waals surface area contributed by atoms with Gasteiger partial charge in [0.1, 0.15) is 4.83 Å². The van der Waals surface area contributed by atoms with Gasteiger partial charge in [-0.3, -0.25) is 19.1 Å². The molecule has 3 heterocycles. The summed E-state index contributed by atoms with van der Waals surface area (Å²) in [6.45, 7) is 2.36. The van der Waals surface area contributed by atoms with E-state index in [-0.39, 0.29) is 17.0 Å². The first-order chi connectivity index (χ1) is 20.3. The molecule has 0 saturated carbocycles. The van der Waals surface area contributed by atoms with Crippen LogP contribution in [-0.4, -0.2) is 32.7 Å². The second-order valence-corrected chi connectivity index (χ2v) is 11.9. The first kappa shape index (κ1) is 28.2. The Balaban J connectivity index is 1.29. The summed E-state index contributed by atoms with van der Waals surface area (Å²) in [7, 11) is 0. The van der Waals surface area contributed by atoms with E-state index in [1.807, 2.05) is 48.5 Å². The number of rotatable bonds is 7. The Morgan fingerprint density at radius 2 is 1.74 bits per heavy atom. The zero-order valence-corrected chi connectivity index (χ0v) is 23.9. The van der Waals surface area contributed by atoms with Gasteiger partial charge in [-0.1, -0.05) is 66.4 Å². The number of carbonyl (C=O) groups excluding carboxylic acids is 1. The maximum absolute atomic E-state index is 14.0. The highest BCUT2D eigenvalue weighted by Crippen LogP contribution is 2.35. The average molecular weight is 607 g/mol. The van der Waals surface area contributed by atoms with E-state index in [1.165, 1.54) is 33.6 Å². The minimum atomic E-state index is -4.51. The number of para-hydroxylation sites is 1. The van der Waals surface area contributed by atoms with E-state index in [9.17, 15) is 22.8 Å². The van der Waals surface area contributed by atoms with Crippen molar-refractivity contribution in [3.8, 4) is 5.69 Å². The lowest BCUT2D eigenvalue weighted by Crippen LogP contribution is -2.30. The van der Waals surface area contributed by atoms with Crippen LogP contribution in [0, 0.1) is 0 Å². The first-order valence-corrected chi connectivity index (χ1v) is 15.1. The predicted octanol–water partition coefficient (Wildman–Crippen LogP) is 6.76. The number of anilines is 1. The molecule has 0 saturated heterocycles. The van der Waals surface area contributed by atoms with Crippen LogP contribution in [0.1, 0.15) is 21.6 Å². The van der Waals surface area contributed by atoms with E-state index in [4.69, 9.17) is 4.98 Å². The van der Waals surface area contributed by atoms with Gasteiger partial charge in [-0.15, -0.1) is 11.3 Å². The topological polar surface area (TPSA) is 67.2 Å². The van der Waals surface area contributed by atoms with Crippen LogP contribution in [0.5, 0.6) is 0 Å². The van der Waals surface area contributed by atoms with Gasteiger partial charge in [-0.05, 0) is 47.9 Å². The van der Waals surface area contributed by atoms with Crippen LogP contribution < -0.4 is 10.9 Å². The molecule has 214 valence electrons. The smallest absolute Gasteiger partial charge is 0.325 e. The van der Waals surface area contributed by atoms with E-state index in [2.05, 4.69) is 22.3 Å². The number of thioether (sulfide) groups is 1. The van der Waals surface area contributed by atoms with Crippen molar-refractivity contribution in [2.45, 2.75) is 30.8 Å². The second-order valence-electron chi connectivity index (χ2n) is 9.92. The van der Waals surface area contributed by atoms with Crippen molar-refractivity contribution < 1.29 is 18.0 Å². The van der Waals surface area contributed by atoms with Gasteiger partial charge in [0.05, 0.1) is 22.4 Å². The molecular weight excluding hydrogens is 581 g/mol. The number of hydrogen-bond acceptors (Lipinski definition) is 6. The lowest BCUT2D eigenvalue weighted by molar-refractivity contribution is -0.137.